The maximum absolute atomic E-state index is 12.2. The molecular weight excluding hydrogens is 234 g/mol. The number of rotatable bonds is 6. The van der Waals surface area contributed by atoms with Gasteiger partial charge in [-0.15, -0.1) is 0 Å². The van der Waals surface area contributed by atoms with Gasteiger partial charge in [0, 0.05) is 38.7 Å². The van der Waals surface area contributed by atoms with Gasteiger partial charge in [0.05, 0.1) is 5.56 Å². The zero-order valence-corrected chi connectivity index (χ0v) is 11.4. The van der Waals surface area contributed by atoms with E-state index in [1.54, 1.807) is 36.1 Å². The molecule has 5 heteroatoms. The van der Waals surface area contributed by atoms with Crippen molar-refractivity contribution in [3.63, 3.8) is 0 Å². The monoisotopic (exact) mass is 253 g/mol. The highest BCUT2D eigenvalue weighted by Crippen LogP contribution is 2.14. The quantitative estimate of drug-likeness (QED) is 0.787. The van der Waals surface area contributed by atoms with Gasteiger partial charge >= 0.3 is 0 Å². The number of carbonyl (C=O) groups is 1. The molecule has 0 radical (unpaired) electrons. The molecule has 0 aliphatic carbocycles. The smallest absolute Gasteiger partial charge is 0.257 e. The Balaban J connectivity index is 2.67. The number of anilines is 1. The molecule has 0 unspecified atom stereocenters. The van der Waals surface area contributed by atoms with E-state index in [1.165, 1.54) is 0 Å². The van der Waals surface area contributed by atoms with Crippen LogP contribution in [-0.2, 0) is 0 Å². The molecule has 1 rings (SSSR count). The van der Waals surface area contributed by atoms with Gasteiger partial charge in [0.25, 0.3) is 5.91 Å². The van der Waals surface area contributed by atoms with Crippen LogP contribution >= 0.6 is 11.8 Å². The summed E-state index contributed by atoms with van der Waals surface area (Å²) < 4.78 is 0. The summed E-state index contributed by atoms with van der Waals surface area (Å²) in [6.45, 7) is 0.776. The van der Waals surface area contributed by atoms with Crippen molar-refractivity contribution < 1.29 is 4.79 Å². The zero-order chi connectivity index (χ0) is 12.7. The van der Waals surface area contributed by atoms with E-state index in [0.717, 1.165) is 24.4 Å². The third kappa shape index (κ3) is 3.93. The van der Waals surface area contributed by atoms with Gasteiger partial charge in [0.15, 0.2) is 0 Å². The van der Waals surface area contributed by atoms with Gasteiger partial charge in [-0.3, -0.25) is 9.78 Å². The minimum Gasteiger partial charge on any atom is -0.387 e. The van der Waals surface area contributed by atoms with Crippen LogP contribution in [0, 0.1) is 0 Å². The van der Waals surface area contributed by atoms with Crippen LogP contribution in [-0.4, -0.2) is 48.4 Å². The van der Waals surface area contributed by atoms with E-state index in [2.05, 4.69) is 16.6 Å². The van der Waals surface area contributed by atoms with Gasteiger partial charge in [-0.25, -0.2) is 0 Å². The van der Waals surface area contributed by atoms with E-state index >= 15 is 0 Å². The Labute approximate surface area is 107 Å². The number of aromatic nitrogens is 1. The van der Waals surface area contributed by atoms with Crippen molar-refractivity contribution in [3.05, 3.63) is 24.0 Å². The summed E-state index contributed by atoms with van der Waals surface area (Å²) in [6, 6.07) is 1.81. The Bertz CT molecular complexity index is 371. The van der Waals surface area contributed by atoms with Crippen LogP contribution in [0.25, 0.3) is 0 Å². The largest absolute Gasteiger partial charge is 0.387 e. The molecule has 1 aromatic rings. The summed E-state index contributed by atoms with van der Waals surface area (Å²) in [5.74, 6) is 1.09. The second kappa shape index (κ2) is 7.17. The molecule has 0 aromatic carbocycles. The van der Waals surface area contributed by atoms with Crippen molar-refractivity contribution in [1.29, 1.82) is 0 Å². The SMILES string of the molecule is CNc1ccncc1C(=O)N(C)CCCSC. The Morgan fingerprint density at radius 2 is 2.35 bits per heavy atom. The predicted molar refractivity (Wildman–Crippen MR) is 73.7 cm³/mol. The first-order valence-corrected chi connectivity index (χ1v) is 6.96. The molecule has 0 fully saturated rings. The summed E-state index contributed by atoms with van der Waals surface area (Å²) in [5.41, 5.74) is 1.45. The first-order valence-electron chi connectivity index (χ1n) is 5.57. The van der Waals surface area contributed by atoms with Crippen molar-refractivity contribution in [2.24, 2.45) is 0 Å². The fourth-order valence-electron chi connectivity index (χ4n) is 1.54. The van der Waals surface area contributed by atoms with Crippen molar-refractivity contribution in [2.45, 2.75) is 6.42 Å². The van der Waals surface area contributed by atoms with Crippen LogP contribution in [0.3, 0.4) is 0 Å². The molecule has 1 N–H and O–H groups in total. The van der Waals surface area contributed by atoms with Crippen LogP contribution < -0.4 is 5.32 Å². The molecule has 0 saturated carbocycles. The lowest BCUT2D eigenvalue weighted by atomic mass is 10.2. The zero-order valence-electron chi connectivity index (χ0n) is 10.6. The third-order valence-electron chi connectivity index (χ3n) is 2.51. The van der Waals surface area contributed by atoms with Crippen LogP contribution in [0.2, 0.25) is 0 Å². The highest BCUT2D eigenvalue weighted by atomic mass is 32.2. The summed E-state index contributed by atoms with van der Waals surface area (Å²) in [5, 5.41) is 3.01. The van der Waals surface area contributed by atoms with Gasteiger partial charge in [-0.05, 0) is 24.5 Å². The first kappa shape index (κ1) is 13.8. The Morgan fingerprint density at radius 1 is 1.59 bits per heavy atom. The van der Waals surface area contributed by atoms with Crippen LogP contribution in [0.5, 0.6) is 0 Å². The molecule has 17 heavy (non-hydrogen) atoms. The van der Waals surface area contributed by atoms with E-state index in [-0.39, 0.29) is 5.91 Å². The highest BCUT2D eigenvalue weighted by Gasteiger charge is 2.14. The number of hydrogen-bond donors (Lipinski definition) is 1. The van der Waals surface area contributed by atoms with Gasteiger partial charge in [0.1, 0.15) is 0 Å². The van der Waals surface area contributed by atoms with Crippen molar-refractivity contribution >= 4 is 23.4 Å². The van der Waals surface area contributed by atoms with Crippen LogP contribution in [0.15, 0.2) is 18.5 Å². The lowest BCUT2D eigenvalue weighted by Gasteiger charge is -2.18. The number of pyridine rings is 1. The fraction of sp³-hybridized carbons (Fsp3) is 0.500. The number of hydrogen-bond acceptors (Lipinski definition) is 4. The number of nitrogens with zero attached hydrogens (tertiary/aromatic N) is 2. The molecule has 94 valence electrons. The summed E-state index contributed by atoms with van der Waals surface area (Å²) in [7, 11) is 3.63. The summed E-state index contributed by atoms with van der Waals surface area (Å²) >= 11 is 1.80. The average Bonchev–Trinajstić information content (AvgIpc) is 2.38. The molecule has 1 heterocycles. The minimum atomic E-state index is 0.0172. The molecule has 0 atom stereocenters. The summed E-state index contributed by atoms with van der Waals surface area (Å²) in [4.78, 5) is 17.9. The third-order valence-corrected chi connectivity index (χ3v) is 3.21. The van der Waals surface area contributed by atoms with E-state index in [1.807, 2.05) is 13.1 Å². The lowest BCUT2D eigenvalue weighted by Crippen LogP contribution is -2.28. The van der Waals surface area contributed by atoms with Gasteiger partial charge < -0.3 is 10.2 Å². The molecule has 1 aromatic heterocycles. The second-order valence-corrected chi connectivity index (χ2v) is 4.73. The van der Waals surface area contributed by atoms with Crippen molar-refractivity contribution in [3.8, 4) is 0 Å². The normalized spacial score (nSPS) is 10.1. The van der Waals surface area contributed by atoms with Crippen LogP contribution in [0.1, 0.15) is 16.8 Å². The maximum atomic E-state index is 12.2. The minimum absolute atomic E-state index is 0.0172. The molecule has 0 spiro atoms. The molecule has 0 saturated heterocycles. The first-order chi connectivity index (χ1) is 8.20. The van der Waals surface area contributed by atoms with Gasteiger partial charge in [-0.2, -0.15) is 11.8 Å². The number of carbonyl (C=O) groups excluding carboxylic acids is 1. The number of nitrogens with one attached hydrogen (secondary N) is 1. The molecule has 0 aliphatic heterocycles. The molecule has 0 aliphatic rings. The predicted octanol–water partition coefficient (Wildman–Crippen LogP) is 1.95. The molecule has 0 bridgehead atoms. The van der Waals surface area contributed by atoms with E-state index < -0.39 is 0 Å². The maximum Gasteiger partial charge on any atom is 0.257 e. The van der Waals surface area contributed by atoms with E-state index in [4.69, 9.17) is 0 Å². The summed E-state index contributed by atoms with van der Waals surface area (Å²) in [6.07, 6.45) is 6.37. The number of thioether (sulfide) groups is 1. The topological polar surface area (TPSA) is 45.2 Å². The van der Waals surface area contributed by atoms with Crippen molar-refractivity contribution in [2.75, 3.05) is 38.0 Å². The molecular formula is C12H19N3OS. The second-order valence-electron chi connectivity index (χ2n) is 3.74. The Morgan fingerprint density at radius 3 is 3.00 bits per heavy atom. The van der Waals surface area contributed by atoms with Gasteiger partial charge in [-0.1, -0.05) is 0 Å². The van der Waals surface area contributed by atoms with Gasteiger partial charge in [0.2, 0.25) is 0 Å². The number of amides is 1. The van der Waals surface area contributed by atoms with Crippen LogP contribution in [0.4, 0.5) is 5.69 Å². The fourth-order valence-corrected chi connectivity index (χ4v) is 1.95. The Hall–Kier alpha value is -1.23. The standard InChI is InChI=1S/C12H19N3OS/c1-13-11-5-6-14-9-10(11)12(16)15(2)7-4-8-17-3/h5-6,9H,4,7-8H2,1-3H3,(H,13,14). The van der Waals surface area contributed by atoms with E-state index in [9.17, 15) is 4.79 Å². The van der Waals surface area contributed by atoms with E-state index in [0.29, 0.717) is 5.56 Å². The Kier molecular flexibility index (Phi) is 5.83. The van der Waals surface area contributed by atoms with Crippen molar-refractivity contribution in [1.82, 2.24) is 9.88 Å². The molecule has 4 nitrogen and oxygen atoms in total. The highest BCUT2D eigenvalue weighted by molar-refractivity contribution is 7.98. The average molecular weight is 253 g/mol. The molecule has 1 amide bonds. The lowest BCUT2D eigenvalue weighted by molar-refractivity contribution is 0.0796.